The molecule has 0 rings (SSSR count). The number of ether oxygens (including phenoxy) is 2. The van der Waals surface area contributed by atoms with Gasteiger partial charge in [0.1, 0.15) is 5.56 Å². The Labute approximate surface area is 94.7 Å². The highest BCUT2D eigenvalue weighted by Gasteiger charge is 2.35. The molecule has 14 heavy (non-hydrogen) atoms. The lowest BCUT2D eigenvalue weighted by molar-refractivity contribution is -0.142. The van der Waals surface area contributed by atoms with Gasteiger partial charge in [0.25, 0.3) is 0 Å². The molecule has 5 heteroatoms. The van der Waals surface area contributed by atoms with Crippen LogP contribution in [0.15, 0.2) is 0 Å². The first kappa shape index (κ1) is 14.0. The first-order valence-corrected chi connectivity index (χ1v) is 5.07. The SMILES string of the molecule is COC(=O)CC(C(Cl)OC)C(C)(C)Cl. The van der Waals surface area contributed by atoms with E-state index in [-0.39, 0.29) is 18.3 Å². The van der Waals surface area contributed by atoms with Gasteiger partial charge in [0.15, 0.2) is 0 Å². The average molecular weight is 243 g/mol. The summed E-state index contributed by atoms with van der Waals surface area (Å²) in [5.74, 6) is -0.630. The zero-order valence-corrected chi connectivity index (χ0v) is 10.4. The van der Waals surface area contributed by atoms with Crippen LogP contribution in [0.25, 0.3) is 0 Å². The predicted molar refractivity (Wildman–Crippen MR) is 56.7 cm³/mol. The third kappa shape index (κ3) is 4.49. The van der Waals surface area contributed by atoms with Crippen molar-refractivity contribution in [2.75, 3.05) is 14.2 Å². The zero-order chi connectivity index (χ0) is 11.4. The molecular formula is C9H16Cl2O3. The molecule has 0 aromatic rings. The van der Waals surface area contributed by atoms with Crippen LogP contribution in [0.1, 0.15) is 20.3 Å². The molecule has 0 saturated heterocycles. The molecule has 0 aliphatic heterocycles. The van der Waals surface area contributed by atoms with Crippen molar-refractivity contribution in [2.24, 2.45) is 5.92 Å². The fourth-order valence-corrected chi connectivity index (χ4v) is 1.73. The quantitative estimate of drug-likeness (QED) is 0.549. The predicted octanol–water partition coefficient (Wildman–Crippen LogP) is 2.39. The van der Waals surface area contributed by atoms with E-state index in [0.29, 0.717) is 0 Å². The van der Waals surface area contributed by atoms with Crippen molar-refractivity contribution >= 4 is 29.2 Å². The fraction of sp³-hybridized carbons (Fsp3) is 0.889. The Kier molecular flexibility index (Phi) is 5.79. The molecular weight excluding hydrogens is 227 g/mol. The van der Waals surface area contributed by atoms with E-state index >= 15 is 0 Å². The molecule has 0 aromatic carbocycles. The van der Waals surface area contributed by atoms with Gasteiger partial charge in [0.2, 0.25) is 0 Å². The number of rotatable bonds is 5. The van der Waals surface area contributed by atoms with Crippen molar-refractivity contribution in [3.8, 4) is 0 Å². The summed E-state index contributed by atoms with van der Waals surface area (Å²) >= 11 is 12.0. The van der Waals surface area contributed by atoms with Gasteiger partial charge in [-0.25, -0.2) is 0 Å². The second-order valence-electron chi connectivity index (χ2n) is 3.54. The van der Waals surface area contributed by atoms with Crippen molar-refractivity contribution in [3.05, 3.63) is 0 Å². The molecule has 0 aliphatic rings. The Balaban J connectivity index is 4.49. The van der Waals surface area contributed by atoms with Gasteiger partial charge in [-0.15, -0.1) is 11.6 Å². The maximum atomic E-state index is 11.1. The molecule has 0 aromatic heterocycles. The number of halogens is 2. The Morgan fingerprint density at radius 3 is 2.21 bits per heavy atom. The number of hydrogen-bond donors (Lipinski definition) is 0. The number of hydrogen-bond acceptors (Lipinski definition) is 3. The van der Waals surface area contributed by atoms with Crippen LogP contribution >= 0.6 is 23.2 Å². The van der Waals surface area contributed by atoms with E-state index < -0.39 is 10.4 Å². The molecule has 0 bridgehead atoms. The standard InChI is InChI=1S/C9H16Cl2O3/c1-9(2,11)6(8(10)14-4)5-7(12)13-3/h6,8H,5H2,1-4H3. The van der Waals surface area contributed by atoms with E-state index in [1.54, 1.807) is 13.8 Å². The van der Waals surface area contributed by atoms with E-state index in [1.165, 1.54) is 14.2 Å². The molecule has 0 spiro atoms. The minimum Gasteiger partial charge on any atom is -0.469 e. The van der Waals surface area contributed by atoms with Crippen molar-refractivity contribution in [2.45, 2.75) is 30.7 Å². The minimum absolute atomic E-state index is 0.148. The third-order valence-corrected chi connectivity index (χ3v) is 2.80. The summed E-state index contributed by atoms with van der Waals surface area (Å²) in [4.78, 5) is 10.5. The minimum atomic E-state index is -0.614. The van der Waals surface area contributed by atoms with Crippen molar-refractivity contribution < 1.29 is 14.3 Å². The molecule has 2 atom stereocenters. The van der Waals surface area contributed by atoms with E-state index in [4.69, 9.17) is 27.9 Å². The second-order valence-corrected chi connectivity index (χ2v) is 4.94. The number of esters is 1. The van der Waals surface area contributed by atoms with Crippen LogP contribution in [-0.4, -0.2) is 30.6 Å². The number of alkyl halides is 2. The summed E-state index contributed by atoms with van der Waals surface area (Å²) in [6.45, 7) is 3.58. The van der Waals surface area contributed by atoms with Gasteiger partial charge in [-0.05, 0) is 13.8 Å². The maximum Gasteiger partial charge on any atom is 0.305 e. The van der Waals surface area contributed by atoms with E-state index in [2.05, 4.69) is 4.74 Å². The number of carbonyl (C=O) groups is 1. The normalized spacial score (nSPS) is 16.1. The lowest BCUT2D eigenvalue weighted by Gasteiger charge is -2.30. The highest BCUT2D eigenvalue weighted by Crippen LogP contribution is 2.33. The molecule has 0 amide bonds. The van der Waals surface area contributed by atoms with Gasteiger partial charge in [0.05, 0.1) is 13.5 Å². The third-order valence-electron chi connectivity index (χ3n) is 2.04. The maximum absolute atomic E-state index is 11.1. The Bertz CT molecular complexity index is 189. The van der Waals surface area contributed by atoms with E-state index in [1.807, 2.05) is 0 Å². The molecule has 0 fully saturated rings. The summed E-state index contributed by atoms with van der Waals surface area (Å²) in [7, 11) is 2.81. The largest absolute Gasteiger partial charge is 0.469 e. The lowest BCUT2D eigenvalue weighted by atomic mass is 9.92. The van der Waals surface area contributed by atoms with Gasteiger partial charge in [0, 0.05) is 17.9 Å². The van der Waals surface area contributed by atoms with Gasteiger partial charge in [-0.2, -0.15) is 0 Å². The number of carbonyl (C=O) groups excluding carboxylic acids is 1. The molecule has 0 radical (unpaired) electrons. The van der Waals surface area contributed by atoms with Crippen LogP contribution in [0.2, 0.25) is 0 Å². The van der Waals surface area contributed by atoms with Crippen molar-refractivity contribution in [3.63, 3.8) is 0 Å². The van der Waals surface area contributed by atoms with Crippen LogP contribution in [0.4, 0.5) is 0 Å². The summed E-state index contributed by atoms with van der Waals surface area (Å²) in [6, 6.07) is 0. The van der Waals surface area contributed by atoms with Crippen LogP contribution in [0, 0.1) is 5.92 Å². The summed E-state index contributed by atoms with van der Waals surface area (Å²) < 4.78 is 9.52. The molecule has 2 unspecified atom stereocenters. The van der Waals surface area contributed by atoms with Crippen molar-refractivity contribution in [1.82, 2.24) is 0 Å². The van der Waals surface area contributed by atoms with Crippen LogP contribution in [0.5, 0.6) is 0 Å². The molecule has 3 nitrogen and oxygen atoms in total. The number of methoxy groups -OCH3 is 2. The van der Waals surface area contributed by atoms with Gasteiger partial charge >= 0.3 is 5.97 Å². The lowest BCUT2D eigenvalue weighted by Crippen LogP contribution is -2.35. The van der Waals surface area contributed by atoms with Crippen molar-refractivity contribution in [1.29, 1.82) is 0 Å². The highest BCUT2D eigenvalue weighted by atomic mass is 35.5. The monoisotopic (exact) mass is 242 g/mol. The highest BCUT2D eigenvalue weighted by molar-refractivity contribution is 6.25. The van der Waals surface area contributed by atoms with E-state index in [0.717, 1.165) is 0 Å². The summed E-state index contributed by atoms with van der Waals surface area (Å²) in [5, 5.41) is 0. The Hall–Kier alpha value is 0.01000. The Morgan fingerprint density at radius 2 is 1.93 bits per heavy atom. The molecule has 84 valence electrons. The van der Waals surface area contributed by atoms with Gasteiger partial charge < -0.3 is 9.47 Å². The first-order valence-electron chi connectivity index (χ1n) is 4.25. The first-order chi connectivity index (χ1) is 6.32. The molecule has 0 heterocycles. The molecule has 0 N–H and O–H groups in total. The van der Waals surface area contributed by atoms with Crippen LogP contribution < -0.4 is 0 Å². The fourth-order valence-electron chi connectivity index (χ4n) is 1.07. The zero-order valence-electron chi connectivity index (χ0n) is 8.84. The smallest absolute Gasteiger partial charge is 0.305 e. The van der Waals surface area contributed by atoms with Gasteiger partial charge in [-0.3, -0.25) is 4.79 Å². The van der Waals surface area contributed by atoms with Crippen LogP contribution in [-0.2, 0) is 14.3 Å². The van der Waals surface area contributed by atoms with Crippen LogP contribution in [0.3, 0.4) is 0 Å². The van der Waals surface area contributed by atoms with E-state index in [9.17, 15) is 4.79 Å². The molecule has 0 aliphatic carbocycles. The second kappa shape index (κ2) is 5.79. The average Bonchev–Trinajstić information content (AvgIpc) is 2.10. The summed E-state index contributed by atoms with van der Waals surface area (Å²) in [5.41, 5.74) is -0.596. The summed E-state index contributed by atoms with van der Waals surface area (Å²) in [6.07, 6.45) is 0.148. The van der Waals surface area contributed by atoms with Gasteiger partial charge in [-0.1, -0.05) is 11.6 Å². The topological polar surface area (TPSA) is 35.5 Å². The Morgan fingerprint density at radius 1 is 1.43 bits per heavy atom. The molecule has 0 saturated carbocycles.